The molecule has 8 heteroatoms. The van der Waals surface area contributed by atoms with Crippen molar-refractivity contribution in [2.75, 3.05) is 28.4 Å². The van der Waals surface area contributed by atoms with Crippen LogP contribution in [0.2, 0.25) is 0 Å². The zero-order valence-electron chi connectivity index (χ0n) is 17.1. The smallest absolute Gasteiger partial charge is 0.286 e. The fourth-order valence-corrected chi connectivity index (χ4v) is 3.59. The summed E-state index contributed by atoms with van der Waals surface area (Å²) < 4.78 is 26.9. The van der Waals surface area contributed by atoms with Crippen molar-refractivity contribution in [2.24, 2.45) is 4.99 Å². The van der Waals surface area contributed by atoms with E-state index in [1.807, 2.05) is 24.3 Å². The second-order valence-corrected chi connectivity index (χ2v) is 6.25. The fraction of sp³-hybridized carbons (Fsp3) is 0.273. The highest BCUT2D eigenvalue weighted by molar-refractivity contribution is 6.07. The lowest BCUT2D eigenvalue weighted by molar-refractivity contribution is 0.260. The summed E-state index contributed by atoms with van der Waals surface area (Å²) in [5.74, 6) is 2.09. The third-order valence-corrected chi connectivity index (χ3v) is 4.93. The van der Waals surface area contributed by atoms with Gasteiger partial charge in [-0.1, -0.05) is 0 Å². The number of fused-ring (bicyclic) bond motifs is 2. The molecule has 0 spiro atoms. The summed E-state index contributed by atoms with van der Waals surface area (Å²) in [6, 6.07) is 7.26. The molecule has 0 amide bonds. The number of carbonyl (C=O) groups excluding carboxylic acids is 1. The molecule has 8 nitrogen and oxygen atoms in total. The minimum Gasteiger partial charge on any atom is -0.493 e. The maximum Gasteiger partial charge on any atom is 0.286 e. The van der Waals surface area contributed by atoms with Crippen LogP contribution in [0.5, 0.6) is 23.0 Å². The standard InChI is InChI=1S/C22H20N2O6/c1-26-19-5-13-15(7-21(19)28-3)18(10-30-11-23)16-8-22(29-4)20(27-2)6-14(16)17(13)9-24-12-25/h5-8H,9-10H2,1-4H3. The Morgan fingerprint density at radius 2 is 1.17 bits per heavy atom. The molecule has 0 aliphatic heterocycles. The average molecular weight is 408 g/mol. The molecule has 0 unspecified atom stereocenters. The number of benzene rings is 3. The molecule has 154 valence electrons. The maximum absolute atomic E-state index is 10.9. The molecule has 0 aromatic heterocycles. The van der Waals surface area contributed by atoms with Gasteiger partial charge >= 0.3 is 0 Å². The fourth-order valence-electron chi connectivity index (χ4n) is 3.59. The Balaban J connectivity index is 2.56. The monoisotopic (exact) mass is 408 g/mol. The van der Waals surface area contributed by atoms with E-state index < -0.39 is 0 Å². The minimum atomic E-state index is 0.0334. The first kappa shape index (κ1) is 20.8. The molecule has 0 N–H and O–H groups in total. The Hall–Kier alpha value is -3.95. The van der Waals surface area contributed by atoms with Crippen molar-refractivity contribution >= 4 is 27.6 Å². The van der Waals surface area contributed by atoms with Gasteiger partial charge in [-0.2, -0.15) is 5.26 Å². The van der Waals surface area contributed by atoms with Crippen molar-refractivity contribution in [1.29, 1.82) is 5.26 Å². The SMILES string of the molecule is COc1cc2c(CN=C=O)c3cc(OC)c(OC)cc3c(COC#N)c2cc1OC. The van der Waals surface area contributed by atoms with Crippen molar-refractivity contribution in [3.8, 4) is 29.3 Å². The maximum atomic E-state index is 10.9. The van der Waals surface area contributed by atoms with Crippen molar-refractivity contribution in [1.82, 2.24) is 0 Å². The Morgan fingerprint density at radius 1 is 0.767 bits per heavy atom. The van der Waals surface area contributed by atoms with Gasteiger partial charge in [0.2, 0.25) is 6.08 Å². The molecule has 3 rings (SSSR count). The van der Waals surface area contributed by atoms with Crippen molar-refractivity contribution in [3.63, 3.8) is 0 Å². The zero-order valence-corrected chi connectivity index (χ0v) is 17.1. The quantitative estimate of drug-likeness (QED) is 0.241. The lowest BCUT2D eigenvalue weighted by atomic mass is 9.91. The predicted molar refractivity (Wildman–Crippen MR) is 110 cm³/mol. The first-order valence-corrected chi connectivity index (χ1v) is 8.93. The Labute approximate surface area is 173 Å². The third kappa shape index (κ3) is 3.54. The summed E-state index contributed by atoms with van der Waals surface area (Å²) in [4.78, 5) is 14.7. The molecule has 0 fully saturated rings. The molecule has 3 aromatic carbocycles. The van der Waals surface area contributed by atoms with Crippen LogP contribution in [-0.4, -0.2) is 34.5 Å². The second kappa shape index (κ2) is 9.03. The third-order valence-electron chi connectivity index (χ3n) is 4.93. The highest BCUT2D eigenvalue weighted by atomic mass is 16.5. The molecule has 0 bridgehead atoms. The van der Waals surface area contributed by atoms with Crippen LogP contribution < -0.4 is 18.9 Å². The number of isocyanates is 1. The topological polar surface area (TPSA) is 99.4 Å². The van der Waals surface area contributed by atoms with E-state index >= 15 is 0 Å². The van der Waals surface area contributed by atoms with Crippen LogP contribution >= 0.6 is 0 Å². The number of nitrogens with zero attached hydrogens (tertiary/aromatic N) is 2. The highest BCUT2D eigenvalue weighted by Gasteiger charge is 2.20. The number of rotatable bonds is 8. The van der Waals surface area contributed by atoms with Crippen molar-refractivity contribution in [2.45, 2.75) is 13.2 Å². The van der Waals surface area contributed by atoms with E-state index in [1.54, 1.807) is 40.8 Å². The summed E-state index contributed by atoms with van der Waals surface area (Å²) in [6.07, 6.45) is 3.31. The number of aliphatic imine (C=N–C) groups is 1. The summed E-state index contributed by atoms with van der Waals surface area (Å²) in [5, 5.41) is 12.1. The summed E-state index contributed by atoms with van der Waals surface area (Å²) in [6.45, 7) is 0.131. The largest absolute Gasteiger partial charge is 0.493 e. The normalized spacial score (nSPS) is 10.2. The molecule has 30 heavy (non-hydrogen) atoms. The molecule has 3 aromatic rings. The van der Waals surface area contributed by atoms with E-state index in [-0.39, 0.29) is 13.2 Å². The van der Waals surface area contributed by atoms with Gasteiger partial charge in [0.15, 0.2) is 23.0 Å². The number of hydrogen-bond acceptors (Lipinski definition) is 8. The van der Waals surface area contributed by atoms with E-state index in [1.165, 1.54) is 0 Å². The molecular weight excluding hydrogens is 388 g/mol. The summed E-state index contributed by atoms with van der Waals surface area (Å²) in [5.41, 5.74) is 1.52. The van der Waals surface area contributed by atoms with Gasteiger partial charge < -0.3 is 23.7 Å². The molecule has 0 radical (unpaired) electrons. The molecule has 0 aliphatic carbocycles. The van der Waals surface area contributed by atoms with Gasteiger partial charge in [-0.25, -0.2) is 9.79 Å². The molecule has 0 saturated carbocycles. The van der Waals surface area contributed by atoms with Gasteiger partial charge in [0.1, 0.15) is 6.61 Å². The molecular formula is C22H20N2O6. The van der Waals surface area contributed by atoms with Gasteiger partial charge in [0.25, 0.3) is 6.26 Å². The number of methoxy groups -OCH3 is 4. The molecule has 0 atom stereocenters. The van der Waals surface area contributed by atoms with E-state index in [4.69, 9.17) is 28.9 Å². The van der Waals surface area contributed by atoms with Crippen LogP contribution in [0, 0.1) is 11.5 Å². The minimum absolute atomic E-state index is 0.0334. The second-order valence-electron chi connectivity index (χ2n) is 6.25. The van der Waals surface area contributed by atoms with Crippen molar-refractivity contribution in [3.05, 3.63) is 35.4 Å². The lowest BCUT2D eigenvalue weighted by Crippen LogP contribution is -2.00. The van der Waals surface area contributed by atoms with Crippen LogP contribution in [0.4, 0.5) is 0 Å². The van der Waals surface area contributed by atoms with E-state index in [0.29, 0.717) is 23.0 Å². The van der Waals surface area contributed by atoms with Gasteiger partial charge in [-0.05, 0) is 51.4 Å². The summed E-state index contributed by atoms with van der Waals surface area (Å²) in [7, 11) is 6.17. The molecule has 0 saturated heterocycles. The van der Waals surface area contributed by atoms with E-state index in [2.05, 4.69) is 4.99 Å². The molecule has 0 heterocycles. The Bertz CT molecular complexity index is 1120. The Kier molecular flexibility index (Phi) is 6.26. The van der Waals surface area contributed by atoms with Gasteiger partial charge in [0.05, 0.1) is 35.0 Å². The van der Waals surface area contributed by atoms with Crippen LogP contribution in [0.15, 0.2) is 29.3 Å². The van der Waals surface area contributed by atoms with Crippen LogP contribution in [0.1, 0.15) is 11.1 Å². The molecule has 0 aliphatic rings. The lowest BCUT2D eigenvalue weighted by Gasteiger charge is -2.19. The zero-order chi connectivity index (χ0) is 21.7. The van der Waals surface area contributed by atoms with Gasteiger partial charge in [-0.3, -0.25) is 0 Å². The first-order chi connectivity index (χ1) is 14.6. The van der Waals surface area contributed by atoms with Crippen LogP contribution in [0.3, 0.4) is 0 Å². The van der Waals surface area contributed by atoms with Gasteiger partial charge in [-0.15, -0.1) is 0 Å². The number of ether oxygens (including phenoxy) is 5. The van der Waals surface area contributed by atoms with Crippen molar-refractivity contribution < 1.29 is 28.5 Å². The highest BCUT2D eigenvalue weighted by Crippen LogP contribution is 2.43. The van der Waals surface area contributed by atoms with Gasteiger partial charge in [0, 0.05) is 5.56 Å². The van der Waals surface area contributed by atoms with E-state index in [0.717, 1.165) is 32.7 Å². The predicted octanol–water partition coefficient (Wildman–Crippen LogP) is 3.86. The van der Waals surface area contributed by atoms with Crippen LogP contribution in [0.25, 0.3) is 21.5 Å². The first-order valence-electron chi connectivity index (χ1n) is 8.93. The number of hydrogen-bond donors (Lipinski definition) is 0. The van der Waals surface area contributed by atoms with Crippen LogP contribution in [-0.2, 0) is 22.7 Å². The Morgan fingerprint density at radius 3 is 1.50 bits per heavy atom. The van der Waals surface area contributed by atoms with E-state index in [9.17, 15) is 4.79 Å². The number of nitriles is 1. The average Bonchev–Trinajstić information content (AvgIpc) is 2.79. The summed E-state index contributed by atoms with van der Waals surface area (Å²) >= 11 is 0.